The van der Waals surface area contributed by atoms with Gasteiger partial charge in [-0.1, -0.05) is 57.3 Å². The van der Waals surface area contributed by atoms with Gasteiger partial charge in [0.25, 0.3) is 6.47 Å². The Hall–Kier alpha value is -3.25. The lowest BCUT2D eigenvalue weighted by Crippen LogP contribution is -2.61. The molecule has 14 heteroatoms. The average Bonchev–Trinajstić information content (AvgIpc) is 3.41. The number of benzene rings is 1. The first-order chi connectivity index (χ1) is 22.3. The van der Waals surface area contributed by atoms with Gasteiger partial charge in [0.15, 0.2) is 5.78 Å². The van der Waals surface area contributed by atoms with Gasteiger partial charge < -0.3 is 41.4 Å². The quantitative estimate of drug-likeness (QED) is 0.117. The van der Waals surface area contributed by atoms with Crippen molar-refractivity contribution < 1.29 is 29.1 Å². The van der Waals surface area contributed by atoms with Crippen molar-refractivity contribution in [3.05, 3.63) is 35.9 Å². The number of nitrogens with one attached hydrogen (secondary N) is 2. The molecule has 13 nitrogen and oxygen atoms in total. The summed E-state index contributed by atoms with van der Waals surface area (Å²) in [5.41, 5.74) is 11.3. The molecule has 2 heterocycles. The van der Waals surface area contributed by atoms with Crippen LogP contribution in [0.2, 0.25) is 0 Å². The summed E-state index contributed by atoms with van der Waals surface area (Å²) in [6, 6.07) is 10.1. The number of carboxylic acid groups (broad SMARTS) is 1. The summed E-state index contributed by atoms with van der Waals surface area (Å²) < 4.78 is 0. The molecule has 1 aromatic carbocycles. The van der Waals surface area contributed by atoms with Crippen LogP contribution in [0.3, 0.4) is 0 Å². The molecule has 3 rings (SSSR count). The minimum absolute atomic E-state index is 0.122. The Bertz CT molecular complexity index is 931. The van der Waals surface area contributed by atoms with Crippen molar-refractivity contribution in [3.63, 3.8) is 0 Å². The molecule has 7 N–H and O–H groups in total. The number of nitrogens with two attached hydrogens (primary N) is 2. The molecule has 1 aromatic rings. The minimum Gasteiger partial charge on any atom is -0.483 e. The number of carbonyl (C=O) groups is 5. The lowest BCUT2D eigenvalue weighted by molar-refractivity contribution is -0.136. The van der Waals surface area contributed by atoms with E-state index in [2.05, 4.69) is 70.4 Å². The van der Waals surface area contributed by atoms with E-state index in [4.69, 9.17) is 25.8 Å². The maximum atomic E-state index is 12.2. The predicted molar refractivity (Wildman–Crippen MR) is 195 cm³/mol. The number of piperidine rings is 1. The van der Waals surface area contributed by atoms with Crippen molar-refractivity contribution in [1.82, 2.24) is 20.0 Å². The summed E-state index contributed by atoms with van der Waals surface area (Å²) in [5.74, 6) is -0.444. The summed E-state index contributed by atoms with van der Waals surface area (Å²) in [6.45, 7) is 15.8. The molecular formula is C33H64N7O6P. The Morgan fingerprint density at radius 2 is 1.70 bits per heavy atom. The number of hydrogen-bond acceptors (Lipinski definition) is 9. The van der Waals surface area contributed by atoms with Crippen molar-refractivity contribution >= 4 is 46.9 Å². The first-order valence-corrected chi connectivity index (χ1v) is 16.9. The van der Waals surface area contributed by atoms with Crippen LogP contribution in [0.4, 0.5) is 0 Å². The van der Waals surface area contributed by atoms with E-state index < -0.39 is 17.7 Å². The molecule has 5 unspecified atom stereocenters. The van der Waals surface area contributed by atoms with Crippen molar-refractivity contribution in [2.75, 3.05) is 40.4 Å². The Kier molecular flexibility index (Phi) is 35.2. The van der Waals surface area contributed by atoms with Crippen molar-refractivity contribution in [3.8, 4) is 0 Å². The summed E-state index contributed by atoms with van der Waals surface area (Å²) in [5, 5.41) is 15.4. The van der Waals surface area contributed by atoms with Gasteiger partial charge in [0.05, 0.1) is 12.4 Å². The number of carbonyl (C=O) groups excluding carboxylic acids is 4. The number of likely N-dealkylation sites (tertiary alicyclic amines) is 2. The van der Waals surface area contributed by atoms with Gasteiger partial charge in [0.1, 0.15) is 18.5 Å². The van der Waals surface area contributed by atoms with E-state index in [9.17, 15) is 14.4 Å². The molecule has 2 aliphatic heterocycles. The first kappa shape index (κ1) is 50.6. The van der Waals surface area contributed by atoms with Crippen LogP contribution in [0, 0.1) is 5.41 Å². The van der Waals surface area contributed by atoms with Crippen molar-refractivity contribution in [2.45, 2.75) is 96.9 Å². The normalized spacial score (nSPS) is 19.9. The van der Waals surface area contributed by atoms with Crippen LogP contribution in [-0.4, -0.2) is 122 Å². The molecule has 0 aromatic heterocycles. The van der Waals surface area contributed by atoms with Crippen molar-refractivity contribution in [2.24, 2.45) is 11.5 Å². The molecule has 0 saturated carbocycles. The molecule has 0 aliphatic carbocycles. The summed E-state index contributed by atoms with van der Waals surface area (Å²) in [4.78, 5) is 57.1. The van der Waals surface area contributed by atoms with E-state index in [1.54, 1.807) is 6.92 Å². The fourth-order valence-electron chi connectivity index (χ4n) is 4.51. The van der Waals surface area contributed by atoms with Crippen LogP contribution in [0.5, 0.6) is 0 Å². The molecule has 272 valence electrons. The third kappa shape index (κ3) is 23.7. The topological polar surface area (TPSA) is 203 Å². The Morgan fingerprint density at radius 1 is 1.19 bits per heavy atom. The lowest BCUT2D eigenvalue weighted by Gasteiger charge is -2.37. The monoisotopic (exact) mass is 685 g/mol. The summed E-state index contributed by atoms with van der Waals surface area (Å²) in [6.07, 6.45) is 7.83. The Balaban J connectivity index is -0.000000291. The highest BCUT2D eigenvalue weighted by Crippen LogP contribution is 2.29. The second-order valence-corrected chi connectivity index (χ2v) is 10.8. The van der Waals surface area contributed by atoms with Gasteiger partial charge in [-0.25, -0.2) is 0 Å². The van der Waals surface area contributed by atoms with Gasteiger partial charge in [-0.15, -0.1) is 9.24 Å². The zero-order valence-electron chi connectivity index (χ0n) is 30.0. The molecule has 5 atom stereocenters. The highest BCUT2D eigenvalue weighted by atomic mass is 31.0. The molecule has 2 fully saturated rings. The molecule has 2 amide bonds. The first-order valence-electron chi connectivity index (χ1n) is 15.7. The second kappa shape index (κ2) is 32.7. The zero-order valence-corrected chi connectivity index (χ0v) is 31.1. The average molecular weight is 686 g/mol. The molecule has 0 spiro atoms. The minimum atomic E-state index is -0.839. The number of hydrogen-bond donors (Lipinski definition) is 5. The Morgan fingerprint density at radius 3 is 2.04 bits per heavy atom. The van der Waals surface area contributed by atoms with Gasteiger partial charge in [0.2, 0.25) is 12.3 Å². The van der Waals surface area contributed by atoms with E-state index in [-0.39, 0.29) is 18.2 Å². The molecule has 47 heavy (non-hydrogen) atoms. The smallest absolute Gasteiger partial charge is 0.290 e. The van der Waals surface area contributed by atoms with Crippen LogP contribution in [-0.2, 0) is 30.4 Å². The number of rotatable bonds is 8. The predicted octanol–water partition coefficient (Wildman–Crippen LogP) is 2.61. The van der Waals surface area contributed by atoms with E-state index in [1.165, 1.54) is 43.2 Å². The Labute approximate surface area is 285 Å². The fourth-order valence-corrected chi connectivity index (χ4v) is 4.51. The van der Waals surface area contributed by atoms with Crippen LogP contribution in [0.25, 0.3) is 0 Å². The van der Waals surface area contributed by atoms with Crippen LogP contribution in [0.1, 0.15) is 72.3 Å². The van der Waals surface area contributed by atoms with Gasteiger partial charge in [0, 0.05) is 12.6 Å². The SMILES string of the molecule is C=O.CC1CCCCN1C.CCN(C)CC1(N)CCC(C(=O)NC(C)C(C)=O)N1C=O.CCc1ccccc1.CP.N=CN.O=CO. The van der Waals surface area contributed by atoms with Crippen LogP contribution >= 0.6 is 9.24 Å². The molecule has 0 bridgehead atoms. The van der Waals surface area contributed by atoms with E-state index in [0.29, 0.717) is 25.8 Å². The third-order valence-corrected chi connectivity index (χ3v) is 7.56. The van der Waals surface area contributed by atoms with Gasteiger partial charge in [-0.2, -0.15) is 0 Å². The highest BCUT2D eigenvalue weighted by molar-refractivity contribution is 7.15. The highest BCUT2D eigenvalue weighted by Gasteiger charge is 2.46. The molecular weight excluding hydrogens is 621 g/mol. The number of ketones is 1. The maximum Gasteiger partial charge on any atom is 0.290 e. The second-order valence-electron chi connectivity index (χ2n) is 10.8. The number of likely N-dealkylation sites (N-methyl/N-ethyl adjacent to an activating group) is 1. The number of Topliss-reactive ketones (excluding diaryl/α,β-unsaturated/α-hetero) is 1. The standard InChI is InChI=1S/C14H26N4O3.C8H10.C7H15N.CH4N2.CH2O2.CH2O.CH5P/c1-5-17(4)8-14(15)7-6-12(18(14)9-19)13(21)16-10(2)11(3)20;1-2-8-6-4-3-5-7-8;1-7-5-3-4-6-8(7)2;2*2-1-3;2*1-2/h9-10,12H,5-8,15H2,1-4H3,(H,16,21);3-7H,2H2,1H3;7H,3-6H2,1-2H3;1H,(H3,2,3);1H,(H,2,3);1H2;2H2,1H3. The van der Waals surface area contributed by atoms with Gasteiger partial charge in [-0.3, -0.25) is 24.6 Å². The summed E-state index contributed by atoms with van der Waals surface area (Å²) >= 11 is 0. The van der Waals surface area contributed by atoms with E-state index >= 15 is 0 Å². The van der Waals surface area contributed by atoms with E-state index in [1.807, 2.05) is 38.4 Å². The maximum absolute atomic E-state index is 12.2. The number of aryl methyl sites for hydroxylation is 1. The van der Waals surface area contributed by atoms with Gasteiger partial charge in [-0.05, 0) is 85.6 Å². The zero-order chi connectivity index (χ0) is 37.4. The van der Waals surface area contributed by atoms with Crippen LogP contribution < -0.4 is 16.8 Å². The third-order valence-electron chi connectivity index (χ3n) is 7.56. The van der Waals surface area contributed by atoms with Gasteiger partial charge >= 0.3 is 0 Å². The van der Waals surface area contributed by atoms with Crippen molar-refractivity contribution in [1.29, 1.82) is 5.41 Å². The fraction of sp³-hybridized carbons (Fsp3) is 0.636. The molecule has 0 radical (unpaired) electrons. The molecule has 2 aliphatic rings. The number of amides is 2. The number of nitrogens with zero attached hydrogens (tertiary/aromatic N) is 3. The molecule has 2 saturated heterocycles. The van der Waals surface area contributed by atoms with E-state index in [0.717, 1.165) is 25.3 Å². The van der Waals surface area contributed by atoms with Crippen LogP contribution in [0.15, 0.2) is 30.3 Å². The summed E-state index contributed by atoms with van der Waals surface area (Å²) in [7, 11) is 6.55. The largest absolute Gasteiger partial charge is 0.483 e. The lowest BCUT2D eigenvalue weighted by atomic mass is 10.1.